The second-order valence-corrected chi connectivity index (χ2v) is 4.92. The van der Waals surface area contributed by atoms with Gasteiger partial charge in [0.1, 0.15) is 0 Å². The molecule has 2 unspecified atom stereocenters. The van der Waals surface area contributed by atoms with Gasteiger partial charge in [-0.15, -0.1) is 0 Å². The molecular formula is C15H23N. The molecule has 0 amide bonds. The maximum atomic E-state index is 3.45. The van der Waals surface area contributed by atoms with E-state index in [1.165, 1.54) is 43.2 Å². The third kappa shape index (κ3) is 2.46. The monoisotopic (exact) mass is 217 g/mol. The van der Waals surface area contributed by atoms with Crippen LogP contribution in [-0.2, 0) is 6.42 Å². The molecule has 1 nitrogen and oxygen atoms in total. The van der Waals surface area contributed by atoms with Gasteiger partial charge in [0.15, 0.2) is 0 Å². The van der Waals surface area contributed by atoms with Crippen molar-refractivity contribution in [3.8, 4) is 0 Å². The first kappa shape index (κ1) is 11.7. The molecule has 1 saturated carbocycles. The van der Waals surface area contributed by atoms with Gasteiger partial charge in [-0.3, -0.25) is 0 Å². The lowest BCUT2D eigenvalue weighted by Gasteiger charge is -2.19. The Morgan fingerprint density at radius 3 is 2.56 bits per heavy atom. The standard InChI is InChI=1S/C15H23N/c1-3-5-12-8-10-13(11-9-12)14-6-4-7-15(14)16-2/h8-11,14-16H,3-7H2,1-2H3. The predicted molar refractivity (Wildman–Crippen MR) is 69.9 cm³/mol. The van der Waals surface area contributed by atoms with Gasteiger partial charge in [-0.05, 0) is 43.4 Å². The summed E-state index contributed by atoms with van der Waals surface area (Å²) in [5.41, 5.74) is 3.00. The number of aryl methyl sites for hydroxylation is 1. The van der Waals surface area contributed by atoms with Crippen molar-refractivity contribution in [2.45, 2.75) is 51.0 Å². The average Bonchev–Trinajstić information content (AvgIpc) is 2.78. The van der Waals surface area contributed by atoms with Crippen LogP contribution in [0.4, 0.5) is 0 Å². The largest absolute Gasteiger partial charge is 0.316 e. The predicted octanol–water partition coefficient (Wildman–Crippen LogP) is 3.49. The van der Waals surface area contributed by atoms with Gasteiger partial charge in [-0.1, -0.05) is 44.0 Å². The molecule has 2 rings (SSSR count). The normalized spacial score (nSPS) is 24.9. The van der Waals surface area contributed by atoms with E-state index in [0.717, 1.165) is 5.92 Å². The number of benzene rings is 1. The number of rotatable bonds is 4. The molecule has 16 heavy (non-hydrogen) atoms. The van der Waals surface area contributed by atoms with Gasteiger partial charge >= 0.3 is 0 Å². The highest BCUT2D eigenvalue weighted by atomic mass is 14.9. The van der Waals surface area contributed by atoms with Crippen molar-refractivity contribution < 1.29 is 0 Å². The van der Waals surface area contributed by atoms with Gasteiger partial charge < -0.3 is 5.32 Å². The molecule has 1 aromatic carbocycles. The van der Waals surface area contributed by atoms with Crippen molar-refractivity contribution in [1.29, 1.82) is 0 Å². The summed E-state index contributed by atoms with van der Waals surface area (Å²) < 4.78 is 0. The third-order valence-electron chi connectivity index (χ3n) is 3.83. The molecule has 1 N–H and O–H groups in total. The molecule has 0 heterocycles. The zero-order valence-electron chi connectivity index (χ0n) is 10.5. The first-order valence-corrected chi connectivity index (χ1v) is 6.61. The Labute approximate surface area is 99.3 Å². The van der Waals surface area contributed by atoms with Crippen molar-refractivity contribution in [2.75, 3.05) is 7.05 Å². The lowest BCUT2D eigenvalue weighted by atomic mass is 9.93. The minimum atomic E-state index is 0.692. The molecule has 88 valence electrons. The molecule has 1 aliphatic carbocycles. The SMILES string of the molecule is CCCc1ccc(C2CCCC2NC)cc1. The highest BCUT2D eigenvalue weighted by Gasteiger charge is 2.26. The summed E-state index contributed by atoms with van der Waals surface area (Å²) in [6.45, 7) is 2.24. The fourth-order valence-corrected chi connectivity index (χ4v) is 2.92. The highest BCUT2D eigenvalue weighted by molar-refractivity contribution is 5.27. The van der Waals surface area contributed by atoms with E-state index in [2.05, 4.69) is 43.6 Å². The van der Waals surface area contributed by atoms with Gasteiger partial charge in [-0.25, -0.2) is 0 Å². The molecule has 0 saturated heterocycles. The molecular weight excluding hydrogens is 194 g/mol. The Hall–Kier alpha value is -0.820. The van der Waals surface area contributed by atoms with E-state index in [9.17, 15) is 0 Å². The Bertz CT molecular complexity index is 315. The fourth-order valence-electron chi connectivity index (χ4n) is 2.92. The Morgan fingerprint density at radius 1 is 1.19 bits per heavy atom. The van der Waals surface area contributed by atoms with E-state index >= 15 is 0 Å². The van der Waals surface area contributed by atoms with Crippen LogP contribution < -0.4 is 5.32 Å². The van der Waals surface area contributed by atoms with Crippen LogP contribution in [0.25, 0.3) is 0 Å². The van der Waals surface area contributed by atoms with Crippen molar-refractivity contribution in [3.63, 3.8) is 0 Å². The molecule has 1 aromatic rings. The van der Waals surface area contributed by atoms with Crippen molar-refractivity contribution in [3.05, 3.63) is 35.4 Å². The third-order valence-corrected chi connectivity index (χ3v) is 3.83. The van der Waals surface area contributed by atoms with Crippen molar-refractivity contribution >= 4 is 0 Å². The minimum Gasteiger partial charge on any atom is -0.316 e. The molecule has 1 aliphatic rings. The number of nitrogens with one attached hydrogen (secondary N) is 1. The second-order valence-electron chi connectivity index (χ2n) is 4.92. The van der Waals surface area contributed by atoms with Crippen LogP contribution >= 0.6 is 0 Å². The number of likely N-dealkylation sites (N-methyl/N-ethyl adjacent to an activating group) is 1. The summed E-state index contributed by atoms with van der Waals surface area (Å²) in [6, 6.07) is 9.99. The summed E-state index contributed by atoms with van der Waals surface area (Å²) in [6.07, 6.45) is 6.49. The van der Waals surface area contributed by atoms with Gasteiger partial charge in [0.25, 0.3) is 0 Å². The van der Waals surface area contributed by atoms with Crippen molar-refractivity contribution in [2.24, 2.45) is 0 Å². The van der Waals surface area contributed by atoms with E-state index in [1.807, 2.05) is 0 Å². The summed E-state index contributed by atoms with van der Waals surface area (Å²) in [7, 11) is 2.09. The van der Waals surface area contributed by atoms with E-state index in [4.69, 9.17) is 0 Å². The zero-order chi connectivity index (χ0) is 11.4. The average molecular weight is 217 g/mol. The van der Waals surface area contributed by atoms with Gasteiger partial charge in [0, 0.05) is 6.04 Å². The van der Waals surface area contributed by atoms with Gasteiger partial charge in [0.2, 0.25) is 0 Å². The lowest BCUT2D eigenvalue weighted by molar-refractivity contribution is 0.522. The zero-order valence-corrected chi connectivity index (χ0v) is 10.5. The van der Waals surface area contributed by atoms with Crippen LogP contribution in [0.2, 0.25) is 0 Å². The van der Waals surface area contributed by atoms with Crippen LogP contribution in [0.3, 0.4) is 0 Å². The van der Waals surface area contributed by atoms with Crippen LogP contribution in [0.1, 0.15) is 49.7 Å². The van der Waals surface area contributed by atoms with E-state index in [1.54, 1.807) is 0 Å². The van der Waals surface area contributed by atoms with Crippen molar-refractivity contribution in [1.82, 2.24) is 5.32 Å². The minimum absolute atomic E-state index is 0.692. The fraction of sp³-hybridized carbons (Fsp3) is 0.600. The second kappa shape index (κ2) is 5.49. The maximum Gasteiger partial charge on any atom is 0.0133 e. The topological polar surface area (TPSA) is 12.0 Å². The van der Waals surface area contributed by atoms with Crippen LogP contribution in [0, 0.1) is 0 Å². The highest BCUT2D eigenvalue weighted by Crippen LogP contribution is 2.34. The smallest absolute Gasteiger partial charge is 0.0133 e. The first-order valence-electron chi connectivity index (χ1n) is 6.61. The number of hydrogen-bond acceptors (Lipinski definition) is 1. The number of hydrogen-bond donors (Lipinski definition) is 1. The molecule has 1 fully saturated rings. The Morgan fingerprint density at radius 2 is 1.94 bits per heavy atom. The summed E-state index contributed by atoms with van der Waals surface area (Å²) in [4.78, 5) is 0. The van der Waals surface area contributed by atoms with Crippen LogP contribution in [-0.4, -0.2) is 13.1 Å². The summed E-state index contributed by atoms with van der Waals surface area (Å²) in [5.74, 6) is 0.737. The first-order chi connectivity index (χ1) is 7.85. The maximum absolute atomic E-state index is 3.45. The van der Waals surface area contributed by atoms with E-state index in [0.29, 0.717) is 6.04 Å². The molecule has 0 spiro atoms. The summed E-state index contributed by atoms with van der Waals surface area (Å²) >= 11 is 0. The van der Waals surface area contributed by atoms with Crippen LogP contribution in [0.5, 0.6) is 0 Å². The molecule has 0 aromatic heterocycles. The van der Waals surface area contributed by atoms with E-state index in [-0.39, 0.29) is 0 Å². The molecule has 0 aliphatic heterocycles. The molecule has 0 radical (unpaired) electrons. The molecule has 1 heteroatoms. The van der Waals surface area contributed by atoms with Gasteiger partial charge in [-0.2, -0.15) is 0 Å². The Balaban J connectivity index is 2.08. The molecule has 0 bridgehead atoms. The van der Waals surface area contributed by atoms with E-state index < -0.39 is 0 Å². The molecule has 2 atom stereocenters. The quantitative estimate of drug-likeness (QED) is 0.814. The Kier molecular flexibility index (Phi) is 4.00. The summed E-state index contributed by atoms with van der Waals surface area (Å²) in [5, 5.41) is 3.45. The lowest BCUT2D eigenvalue weighted by Crippen LogP contribution is -2.27. The van der Waals surface area contributed by atoms with Crippen LogP contribution in [0.15, 0.2) is 24.3 Å². The van der Waals surface area contributed by atoms with Gasteiger partial charge in [0.05, 0.1) is 0 Å².